The molecule has 7 heteroatoms. The molecule has 0 saturated heterocycles. The van der Waals surface area contributed by atoms with E-state index in [1.807, 2.05) is 12.1 Å². The molecule has 0 spiro atoms. The van der Waals surface area contributed by atoms with E-state index in [0.717, 1.165) is 41.0 Å². The third-order valence-corrected chi connectivity index (χ3v) is 5.42. The van der Waals surface area contributed by atoms with Gasteiger partial charge in [0.25, 0.3) is 0 Å². The van der Waals surface area contributed by atoms with Crippen LogP contribution in [0.25, 0.3) is 0 Å². The Morgan fingerprint density at radius 3 is 3.00 bits per heavy atom. The van der Waals surface area contributed by atoms with Crippen LogP contribution in [-0.4, -0.2) is 28.0 Å². The molecule has 2 aliphatic heterocycles. The Kier molecular flexibility index (Phi) is 4.35. The molecule has 3 heterocycles. The molecule has 0 amide bonds. The SMILES string of the molecule is Clc1cc(CSc2nnc3n2CCCCC3)cc2c1OCCO2. The van der Waals surface area contributed by atoms with Crippen LogP contribution in [0.15, 0.2) is 17.3 Å². The number of thioether (sulfide) groups is 1. The molecule has 122 valence electrons. The highest BCUT2D eigenvalue weighted by Crippen LogP contribution is 2.39. The number of fused-ring (bicyclic) bond motifs is 2. The van der Waals surface area contributed by atoms with E-state index in [9.17, 15) is 0 Å². The Morgan fingerprint density at radius 2 is 2.04 bits per heavy atom. The maximum absolute atomic E-state index is 6.30. The quantitative estimate of drug-likeness (QED) is 0.789. The highest BCUT2D eigenvalue weighted by Gasteiger charge is 2.18. The molecule has 0 fully saturated rings. The van der Waals surface area contributed by atoms with Crippen LogP contribution in [0.1, 0.15) is 30.7 Å². The molecule has 5 nitrogen and oxygen atoms in total. The second-order valence-electron chi connectivity index (χ2n) is 5.75. The molecular formula is C16H18ClN3O2S. The third kappa shape index (κ3) is 3.15. The second-order valence-corrected chi connectivity index (χ2v) is 7.10. The van der Waals surface area contributed by atoms with Crippen LogP contribution in [0, 0.1) is 0 Å². The van der Waals surface area contributed by atoms with Gasteiger partial charge in [-0.1, -0.05) is 29.8 Å². The van der Waals surface area contributed by atoms with E-state index in [1.165, 1.54) is 19.3 Å². The summed E-state index contributed by atoms with van der Waals surface area (Å²) in [7, 11) is 0. The lowest BCUT2D eigenvalue weighted by Crippen LogP contribution is -2.15. The zero-order valence-corrected chi connectivity index (χ0v) is 14.3. The summed E-state index contributed by atoms with van der Waals surface area (Å²) in [5, 5.41) is 10.3. The van der Waals surface area contributed by atoms with Gasteiger partial charge in [-0.15, -0.1) is 10.2 Å². The van der Waals surface area contributed by atoms with Gasteiger partial charge in [0, 0.05) is 18.7 Å². The number of nitrogens with zero attached hydrogens (tertiary/aromatic N) is 3. The van der Waals surface area contributed by atoms with Crippen molar-refractivity contribution in [3.63, 3.8) is 0 Å². The minimum atomic E-state index is 0.548. The van der Waals surface area contributed by atoms with E-state index < -0.39 is 0 Å². The van der Waals surface area contributed by atoms with Gasteiger partial charge >= 0.3 is 0 Å². The number of aryl methyl sites for hydroxylation is 1. The number of rotatable bonds is 3. The van der Waals surface area contributed by atoms with Gasteiger partial charge in [0.05, 0.1) is 5.02 Å². The Morgan fingerprint density at radius 1 is 1.13 bits per heavy atom. The van der Waals surface area contributed by atoms with Crippen LogP contribution < -0.4 is 9.47 Å². The van der Waals surface area contributed by atoms with Crippen molar-refractivity contribution < 1.29 is 9.47 Å². The molecule has 4 rings (SSSR count). The van der Waals surface area contributed by atoms with Crippen LogP contribution in [0.4, 0.5) is 0 Å². The first-order chi connectivity index (χ1) is 11.3. The van der Waals surface area contributed by atoms with Crippen molar-refractivity contribution in [1.82, 2.24) is 14.8 Å². The normalized spacial score (nSPS) is 16.7. The molecule has 2 aromatic rings. The monoisotopic (exact) mass is 351 g/mol. The summed E-state index contributed by atoms with van der Waals surface area (Å²) in [6.45, 7) is 2.14. The first kappa shape index (κ1) is 15.1. The second kappa shape index (κ2) is 6.61. The van der Waals surface area contributed by atoms with Gasteiger partial charge in [0.15, 0.2) is 16.7 Å². The van der Waals surface area contributed by atoms with E-state index >= 15 is 0 Å². The van der Waals surface area contributed by atoms with Crippen LogP contribution in [0.5, 0.6) is 11.5 Å². The lowest BCUT2D eigenvalue weighted by Gasteiger charge is -2.20. The molecule has 1 aromatic carbocycles. The van der Waals surface area contributed by atoms with Gasteiger partial charge in [-0.25, -0.2) is 0 Å². The van der Waals surface area contributed by atoms with Crippen LogP contribution >= 0.6 is 23.4 Å². The summed E-state index contributed by atoms with van der Waals surface area (Å²) in [5.74, 6) is 3.29. The summed E-state index contributed by atoms with van der Waals surface area (Å²) < 4.78 is 13.5. The first-order valence-corrected chi connectivity index (χ1v) is 9.30. The Hall–Kier alpha value is -1.40. The van der Waals surface area contributed by atoms with Crippen LogP contribution in [0.2, 0.25) is 5.02 Å². The third-order valence-electron chi connectivity index (χ3n) is 4.10. The van der Waals surface area contributed by atoms with Crippen molar-refractivity contribution in [1.29, 1.82) is 0 Å². The first-order valence-electron chi connectivity index (χ1n) is 7.94. The van der Waals surface area contributed by atoms with Gasteiger partial charge in [-0.2, -0.15) is 0 Å². The Bertz CT molecular complexity index is 720. The molecule has 2 aliphatic rings. The minimum absolute atomic E-state index is 0.548. The predicted molar refractivity (Wildman–Crippen MR) is 89.6 cm³/mol. The van der Waals surface area contributed by atoms with Crippen molar-refractivity contribution in [2.75, 3.05) is 13.2 Å². The van der Waals surface area contributed by atoms with Gasteiger partial charge < -0.3 is 14.0 Å². The average molecular weight is 352 g/mol. The summed E-state index contributed by atoms with van der Waals surface area (Å²) in [5.41, 5.74) is 1.11. The Labute approximate surface area is 144 Å². The predicted octanol–water partition coefficient (Wildman–Crippen LogP) is 3.72. The summed E-state index contributed by atoms with van der Waals surface area (Å²) >= 11 is 8.00. The van der Waals surface area contributed by atoms with Crippen LogP contribution in [0.3, 0.4) is 0 Å². The smallest absolute Gasteiger partial charge is 0.191 e. The number of hydrogen-bond donors (Lipinski definition) is 0. The lowest BCUT2D eigenvalue weighted by molar-refractivity contribution is 0.171. The highest BCUT2D eigenvalue weighted by molar-refractivity contribution is 7.98. The van der Waals surface area contributed by atoms with Gasteiger partial charge in [-0.05, 0) is 30.5 Å². The van der Waals surface area contributed by atoms with E-state index in [-0.39, 0.29) is 0 Å². The fraction of sp³-hybridized carbons (Fsp3) is 0.500. The van der Waals surface area contributed by atoms with E-state index in [1.54, 1.807) is 11.8 Å². The number of ether oxygens (including phenoxy) is 2. The molecule has 0 saturated carbocycles. The highest BCUT2D eigenvalue weighted by atomic mass is 35.5. The molecule has 1 aromatic heterocycles. The molecular weight excluding hydrogens is 334 g/mol. The van der Waals surface area contributed by atoms with Gasteiger partial charge in [0.1, 0.15) is 19.0 Å². The van der Waals surface area contributed by atoms with Gasteiger partial charge in [0.2, 0.25) is 0 Å². The van der Waals surface area contributed by atoms with Crippen molar-refractivity contribution in [3.05, 3.63) is 28.5 Å². The fourth-order valence-electron chi connectivity index (χ4n) is 2.96. The topological polar surface area (TPSA) is 49.2 Å². The summed E-state index contributed by atoms with van der Waals surface area (Å²) in [6.07, 6.45) is 4.71. The van der Waals surface area contributed by atoms with Crippen molar-refractivity contribution in [3.8, 4) is 11.5 Å². The van der Waals surface area contributed by atoms with Crippen LogP contribution in [-0.2, 0) is 18.7 Å². The van der Waals surface area contributed by atoms with E-state index in [0.29, 0.717) is 24.0 Å². The average Bonchev–Trinajstić information content (AvgIpc) is 2.79. The van der Waals surface area contributed by atoms with Crippen molar-refractivity contribution >= 4 is 23.4 Å². The number of benzene rings is 1. The molecule has 0 N–H and O–H groups in total. The molecule has 0 unspecified atom stereocenters. The fourth-order valence-corrected chi connectivity index (χ4v) is 4.16. The Balaban J connectivity index is 1.51. The van der Waals surface area contributed by atoms with E-state index in [4.69, 9.17) is 21.1 Å². The van der Waals surface area contributed by atoms with Gasteiger partial charge in [-0.3, -0.25) is 0 Å². The molecule has 0 aliphatic carbocycles. The number of halogens is 1. The number of aromatic nitrogens is 3. The molecule has 23 heavy (non-hydrogen) atoms. The van der Waals surface area contributed by atoms with E-state index in [2.05, 4.69) is 14.8 Å². The largest absolute Gasteiger partial charge is 0.486 e. The lowest BCUT2D eigenvalue weighted by atomic mass is 10.2. The van der Waals surface area contributed by atoms with Crippen molar-refractivity contribution in [2.24, 2.45) is 0 Å². The molecule has 0 radical (unpaired) electrons. The zero-order chi connectivity index (χ0) is 15.6. The maximum atomic E-state index is 6.30. The zero-order valence-electron chi connectivity index (χ0n) is 12.8. The standard InChI is InChI=1S/C16H18ClN3O2S/c17-12-8-11(9-13-15(12)22-7-6-21-13)10-23-16-19-18-14-4-2-1-3-5-20(14)16/h8-9H,1-7,10H2. The maximum Gasteiger partial charge on any atom is 0.191 e. The summed E-state index contributed by atoms with van der Waals surface area (Å²) in [4.78, 5) is 0. The minimum Gasteiger partial charge on any atom is -0.486 e. The molecule has 0 atom stereocenters. The summed E-state index contributed by atoms with van der Waals surface area (Å²) in [6, 6.07) is 3.95. The van der Waals surface area contributed by atoms with Crippen molar-refractivity contribution in [2.45, 2.75) is 43.1 Å². The number of hydrogen-bond acceptors (Lipinski definition) is 5. The molecule has 0 bridgehead atoms.